The number of imidazole rings is 1. The van der Waals surface area contributed by atoms with E-state index < -0.39 is 10.0 Å². The Balaban J connectivity index is 1.57. The summed E-state index contributed by atoms with van der Waals surface area (Å²) in [6.07, 6.45) is 5.11. The van der Waals surface area contributed by atoms with E-state index in [-0.39, 0.29) is 10.8 Å². The fourth-order valence-electron chi connectivity index (χ4n) is 3.57. The Kier molecular flexibility index (Phi) is 9.26. The number of nitrogens with zero attached hydrogens (tertiary/aromatic N) is 3. The van der Waals surface area contributed by atoms with Crippen molar-refractivity contribution in [2.24, 2.45) is 0 Å². The van der Waals surface area contributed by atoms with Gasteiger partial charge in [-0.25, -0.2) is 17.7 Å². The molecule has 0 aliphatic heterocycles. The molecule has 2 heterocycles. The van der Waals surface area contributed by atoms with Crippen molar-refractivity contribution in [3.63, 3.8) is 0 Å². The van der Waals surface area contributed by atoms with Crippen LogP contribution in [0, 0.1) is 0 Å². The van der Waals surface area contributed by atoms with E-state index >= 15 is 0 Å². The SMILES string of the molecule is CCCCn1c(CCC(=O)NCCCOCc2ccco2)nc2cc(S(=O)(=O)N(C)C)ccc21. The van der Waals surface area contributed by atoms with Gasteiger partial charge in [0.2, 0.25) is 15.9 Å². The minimum Gasteiger partial charge on any atom is -0.467 e. The molecule has 0 aliphatic carbocycles. The number of hydrogen-bond acceptors (Lipinski definition) is 6. The van der Waals surface area contributed by atoms with Gasteiger partial charge in [-0.3, -0.25) is 4.79 Å². The maximum atomic E-state index is 12.5. The van der Waals surface area contributed by atoms with E-state index in [4.69, 9.17) is 9.15 Å². The number of hydrogen-bond donors (Lipinski definition) is 1. The number of nitrogens with one attached hydrogen (secondary N) is 1. The molecule has 34 heavy (non-hydrogen) atoms. The summed E-state index contributed by atoms with van der Waals surface area (Å²) in [5.41, 5.74) is 1.51. The van der Waals surface area contributed by atoms with Crippen LogP contribution in [0.1, 0.15) is 44.2 Å². The molecule has 2 aromatic heterocycles. The monoisotopic (exact) mass is 490 g/mol. The van der Waals surface area contributed by atoms with Crippen molar-refractivity contribution < 1.29 is 22.4 Å². The van der Waals surface area contributed by atoms with Gasteiger partial charge in [-0.15, -0.1) is 0 Å². The Morgan fingerprint density at radius 2 is 2.06 bits per heavy atom. The molecule has 3 aromatic rings. The van der Waals surface area contributed by atoms with E-state index in [0.29, 0.717) is 44.5 Å². The summed E-state index contributed by atoms with van der Waals surface area (Å²) in [5.74, 6) is 1.53. The molecule has 0 fully saturated rings. The molecule has 1 amide bonds. The molecule has 0 aliphatic rings. The number of ether oxygens (including phenoxy) is 1. The topological polar surface area (TPSA) is 107 Å². The molecular weight excluding hydrogens is 456 g/mol. The first-order valence-electron chi connectivity index (χ1n) is 11.6. The quantitative estimate of drug-likeness (QED) is 0.348. The van der Waals surface area contributed by atoms with E-state index in [2.05, 4.69) is 21.8 Å². The van der Waals surface area contributed by atoms with Crippen LogP contribution in [0.4, 0.5) is 0 Å². The minimum absolute atomic E-state index is 0.0454. The van der Waals surface area contributed by atoms with Crippen LogP contribution in [0.2, 0.25) is 0 Å². The molecule has 0 saturated heterocycles. The number of benzene rings is 1. The van der Waals surface area contributed by atoms with Gasteiger partial charge >= 0.3 is 0 Å². The van der Waals surface area contributed by atoms with Crippen LogP contribution in [0.3, 0.4) is 0 Å². The summed E-state index contributed by atoms with van der Waals surface area (Å²) in [4.78, 5) is 17.2. The Bertz CT molecular complexity index is 1170. The third kappa shape index (κ3) is 6.68. The van der Waals surface area contributed by atoms with Crippen molar-refractivity contribution in [2.75, 3.05) is 27.2 Å². The van der Waals surface area contributed by atoms with Crippen molar-refractivity contribution in [2.45, 2.75) is 57.1 Å². The fourth-order valence-corrected chi connectivity index (χ4v) is 4.49. The van der Waals surface area contributed by atoms with E-state index in [1.165, 1.54) is 18.4 Å². The summed E-state index contributed by atoms with van der Waals surface area (Å²) >= 11 is 0. The lowest BCUT2D eigenvalue weighted by molar-refractivity contribution is -0.121. The van der Waals surface area contributed by atoms with Crippen LogP contribution in [0.25, 0.3) is 11.0 Å². The molecule has 9 nitrogen and oxygen atoms in total. The lowest BCUT2D eigenvalue weighted by atomic mass is 10.2. The van der Waals surface area contributed by atoms with Gasteiger partial charge in [0.1, 0.15) is 18.2 Å². The first-order chi connectivity index (χ1) is 16.3. The normalized spacial score (nSPS) is 12.0. The highest BCUT2D eigenvalue weighted by Gasteiger charge is 2.20. The second kappa shape index (κ2) is 12.1. The number of carbonyl (C=O) groups excluding carboxylic acids is 1. The van der Waals surface area contributed by atoms with Gasteiger partial charge in [-0.05, 0) is 43.2 Å². The standard InChI is InChI=1S/C24H34N4O5S/c1-4-5-14-28-22-10-9-20(34(30,31)27(2)3)17-21(22)26-23(28)11-12-24(29)25-13-7-15-32-18-19-8-6-16-33-19/h6,8-10,16-17H,4-5,7,11-15,18H2,1-3H3,(H,25,29). The molecule has 0 unspecified atom stereocenters. The van der Waals surface area contributed by atoms with Crippen molar-refractivity contribution in [3.05, 3.63) is 48.2 Å². The van der Waals surface area contributed by atoms with Gasteiger partial charge in [0, 0.05) is 46.6 Å². The Morgan fingerprint density at radius 3 is 2.76 bits per heavy atom. The molecule has 1 aromatic carbocycles. The first-order valence-corrected chi connectivity index (χ1v) is 13.1. The van der Waals surface area contributed by atoms with Crippen molar-refractivity contribution in [3.8, 4) is 0 Å². The molecule has 0 radical (unpaired) electrons. The molecule has 1 N–H and O–H groups in total. The number of sulfonamides is 1. The van der Waals surface area contributed by atoms with E-state index in [9.17, 15) is 13.2 Å². The second-order valence-electron chi connectivity index (χ2n) is 8.31. The molecular formula is C24H34N4O5S. The molecule has 0 spiro atoms. The van der Waals surface area contributed by atoms with Crippen molar-refractivity contribution in [1.82, 2.24) is 19.2 Å². The third-order valence-electron chi connectivity index (χ3n) is 5.50. The van der Waals surface area contributed by atoms with Crippen molar-refractivity contribution in [1.29, 1.82) is 0 Å². The number of aromatic nitrogens is 2. The highest BCUT2D eigenvalue weighted by atomic mass is 32.2. The smallest absolute Gasteiger partial charge is 0.242 e. The van der Waals surface area contributed by atoms with Crippen LogP contribution in [-0.4, -0.2) is 55.4 Å². The van der Waals surface area contributed by atoms with Crippen molar-refractivity contribution >= 4 is 27.0 Å². The minimum atomic E-state index is -3.54. The van der Waals surface area contributed by atoms with Gasteiger partial charge in [0.15, 0.2) is 0 Å². The lowest BCUT2D eigenvalue weighted by Gasteiger charge is -2.11. The maximum absolute atomic E-state index is 12.5. The van der Waals surface area contributed by atoms with Crippen LogP contribution in [-0.2, 0) is 39.1 Å². The van der Waals surface area contributed by atoms with Gasteiger partial charge in [0.05, 0.1) is 22.2 Å². The summed E-state index contributed by atoms with van der Waals surface area (Å²) < 4.78 is 39.0. The predicted octanol–water partition coefficient (Wildman–Crippen LogP) is 3.34. The zero-order chi connectivity index (χ0) is 24.6. The lowest BCUT2D eigenvalue weighted by Crippen LogP contribution is -2.25. The largest absolute Gasteiger partial charge is 0.467 e. The van der Waals surface area contributed by atoms with E-state index in [1.807, 2.05) is 12.1 Å². The Labute approximate surface area is 201 Å². The van der Waals surface area contributed by atoms with Crippen LogP contribution < -0.4 is 5.32 Å². The summed E-state index contributed by atoms with van der Waals surface area (Å²) in [6, 6.07) is 8.71. The average Bonchev–Trinajstić information content (AvgIpc) is 3.45. The number of rotatable bonds is 14. The number of aryl methyl sites for hydroxylation is 2. The number of unbranched alkanes of at least 4 members (excludes halogenated alkanes) is 1. The predicted molar refractivity (Wildman–Crippen MR) is 130 cm³/mol. The number of amides is 1. The fraction of sp³-hybridized carbons (Fsp3) is 0.500. The second-order valence-corrected chi connectivity index (χ2v) is 10.5. The van der Waals surface area contributed by atoms with Crippen LogP contribution in [0.15, 0.2) is 45.9 Å². The average molecular weight is 491 g/mol. The molecule has 0 atom stereocenters. The first kappa shape index (κ1) is 25.9. The number of fused-ring (bicyclic) bond motifs is 1. The molecule has 186 valence electrons. The molecule has 10 heteroatoms. The number of carbonyl (C=O) groups is 1. The summed E-state index contributed by atoms with van der Waals surface area (Å²) in [7, 11) is -0.523. The number of furan rings is 1. The Hall–Kier alpha value is -2.69. The molecule has 0 saturated carbocycles. The third-order valence-corrected chi connectivity index (χ3v) is 7.31. The van der Waals surface area contributed by atoms with Gasteiger partial charge in [-0.1, -0.05) is 13.3 Å². The summed E-state index contributed by atoms with van der Waals surface area (Å²) in [6.45, 7) is 4.39. The molecule has 0 bridgehead atoms. The molecule has 3 rings (SSSR count). The summed E-state index contributed by atoms with van der Waals surface area (Å²) in [5, 5.41) is 2.92. The zero-order valence-electron chi connectivity index (χ0n) is 20.1. The van der Waals surface area contributed by atoms with E-state index in [0.717, 1.165) is 36.5 Å². The Morgan fingerprint density at radius 1 is 1.24 bits per heavy atom. The van der Waals surface area contributed by atoms with Gasteiger partial charge < -0.3 is 19.0 Å². The van der Waals surface area contributed by atoms with Crippen LogP contribution in [0.5, 0.6) is 0 Å². The van der Waals surface area contributed by atoms with Gasteiger partial charge in [0.25, 0.3) is 0 Å². The highest BCUT2D eigenvalue weighted by Crippen LogP contribution is 2.23. The zero-order valence-corrected chi connectivity index (χ0v) is 20.9. The van der Waals surface area contributed by atoms with Gasteiger partial charge in [-0.2, -0.15) is 0 Å². The van der Waals surface area contributed by atoms with Crippen LogP contribution >= 0.6 is 0 Å². The maximum Gasteiger partial charge on any atom is 0.242 e. The van der Waals surface area contributed by atoms with E-state index in [1.54, 1.807) is 24.5 Å². The highest BCUT2D eigenvalue weighted by molar-refractivity contribution is 7.89.